The van der Waals surface area contributed by atoms with Crippen LogP contribution in [0.4, 0.5) is 4.79 Å². The van der Waals surface area contributed by atoms with E-state index in [4.69, 9.17) is 9.47 Å². The van der Waals surface area contributed by atoms with E-state index in [1.54, 1.807) is 5.57 Å². The summed E-state index contributed by atoms with van der Waals surface area (Å²) in [6.45, 7) is 15.4. The second-order valence-corrected chi connectivity index (χ2v) is 18.3. The van der Waals surface area contributed by atoms with Crippen LogP contribution in [0.2, 0.25) is 0 Å². The molecular weight excluding hydrogens is 588 g/mol. The molecule has 3 saturated carbocycles. The molecule has 0 heterocycles. The summed E-state index contributed by atoms with van der Waals surface area (Å²) in [4.78, 5) is 12.6. The van der Waals surface area contributed by atoms with Gasteiger partial charge in [0.05, 0.1) is 6.61 Å². The van der Waals surface area contributed by atoms with Crippen molar-refractivity contribution in [2.24, 2.45) is 46.3 Å². The summed E-state index contributed by atoms with van der Waals surface area (Å²) in [5, 5.41) is 0. The zero-order valence-electron chi connectivity index (χ0n) is 32.9. The third-order valence-corrected chi connectivity index (χ3v) is 14.5. The molecule has 3 nitrogen and oxygen atoms in total. The molecule has 0 aromatic heterocycles. The largest absolute Gasteiger partial charge is 0.508 e. The number of carbonyl (C=O) groups is 1. The van der Waals surface area contributed by atoms with E-state index in [1.807, 2.05) is 0 Å². The highest BCUT2D eigenvalue weighted by molar-refractivity contribution is 5.60. The zero-order chi connectivity index (χ0) is 34.4. The van der Waals surface area contributed by atoms with Crippen LogP contribution in [-0.4, -0.2) is 18.9 Å². The van der Waals surface area contributed by atoms with Gasteiger partial charge in [-0.1, -0.05) is 162 Å². The van der Waals surface area contributed by atoms with E-state index in [0.717, 1.165) is 67.6 Å². The molecule has 0 saturated heterocycles. The molecule has 3 heteroatoms. The van der Waals surface area contributed by atoms with Crippen LogP contribution in [0, 0.1) is 46.3 Å². The average Bonchev–Trinajstić information content (AvgIpc) is 3.42. The van der Waals surface area contributed by atoms with Gasteiger partial charge in [0.25, 0.3) is 0 Å². The molecule has 278 valence electrons. The van der Waals surface area contributed by atoms with Crippen LogP contribution >= 0.6 is 0 Å². The van der Waals surface area contributed by atoms with Gasteiger partial charge in [-0.2, -0.15) is 0 Å². The van der Waals surface area contributed by atoms with Crippen LogP contribution in [0.25, 0.3) is 0 Å². The topological polar surface area (TPSA) is 35.5 Å². The number of hydrogen-bond acceptors (Lipinski definition) is 3. The van der Waals surface area contributed by atoms with E-state index in [1.165, 1.54) is 135 Å². The molecule has 0 aromatic rings. The Morgan fingerprint density at radius 1 is 0.750 bits per heavy atom. The minimum Gasteiger partial charge on any atom is -0.434 e. The first-order chi connectivity index (χ1) is 23.2. The van der Waals surface area contributed by atoms with E-state index in [9.17, 15) is 4.79 Å². The Bertz CT molecular complexity index is 954. The standard InChI is InChI=1S/C45H80O3/c1-7-8-9-10-11-12-13-14-15-16-17-18-19-20-21-33-47-43(46)48-38-29-31-44(5)37(34-38)25-26-39-41-28-27-40(36(4)24-22-23-35(2)3)45(41,6)32-30-42(39)44/h25,35-36,38-42H,7-24,26-34H2,1-6H3/t36-,38-,39+,40-,41+,42+,44-,45-/m0/s1. The predicted molar refractivity (Wildman–Crippen MR) is 204 cm³/mol. The second kappa shape index (κ2) is 20.2. The maximum Gasteiger partial charge on any atom is 0.508 e. The van der Waals surface area contributed by atoms with Gasteiger partial charge in [-0.3, -0.25) is 0 Å². The van der Waals surface area contributed by atoms with E-state index in [0.29, 0.717) is 17.4 Å². The maximum absolute atomic E-state index is 12.6. The van der Waals surface area contributed by atoms with Gasteiger partial charge in [0.2, 0.25) is 0 Å². The van der Waals surface area contributed by atoms with E-state index < -0.39 is 6.16 Å². The number of allylic oxidation sites excluding steroid dienone is 1. The van der Waals surface area contributed by atoms with Crippen molar-refractivity contribution in [2.45, 2.75) is 215 Å². The molecular formula is C45H80O3. The van der Waals surface area contributed by atoms with Gasteiger partial charge >= 0.3 is 6.16 Å². The van der Waals surface area contributed by atoms with E-state index in [-0.39, 0.29) is 6.10 Å². The van der Waals surface area contributed by atoms with Crippen LogP contribution in [0.5, 0.6) is 0 Å². The van der Waals surface area contributed by atoms with Gasteiger partial charge in [-0.25, -0.2) is 4.79 Å². The Morgan fingerprint density at radius 2 is 1.38 bits per heavy atom. The normalized spacial score (nSPS) is 31.9. The van der Waals surface area contributed by atoms with Crippen LogP contribution in [0.1, 0.15) is 208 Å². The molecule has 48 heavy (non-hydrogen) atoms. The fraction of sp³-hybridized carbons (Fsp3) is 0.933. The fourth-order valence-corrected chi connectivity index (χ4v) is 11.6. The van der Waals surface area contributed by atoms with Gasteiger partial charge in [0.1, 0.15) is 6.10 Å². The first kappa shape index (κ1) is 39.8. The average molecular weight is 669 g/mol. The Hall–Kier alpha value is -0.990. The first-order valence-electron chi connectivity index (χ1n) is 21.7. The minimum absolute atomic E-state index is 0.00848. The van der Waals surface area contributed by atoms with Crippen molar-refractivity contribution in [2.75, 3.05) is 6.61 Å². The van der Waals surface area contributed by atoms with Crippen molar-refractivity contribution in [3.8, 4) is 0 Å². The zero-order valence-corrected chi connectivity index (χ0v) is 32.9. The number of fused-ring (bicyclic) bond motifs is 5. The van der Waals surface area contributed by atoms with Crippen LogP contribution in [0.15, 0.2) is 11.6 Å². The Labute approximate surface area is 298 Å². The molecule has 0 aromatic carbocycles. The lowest BCUT2D eigenvalue weighted by Gasteiger charge is -2.58. The monoisotopic (exact) mass is 669 g/mol. The number of rotatable bonds is 22. The van der Waals surface area contributed by atoms with Gasteiger partial charge < -0.3 is 9.47 Å². The number of hydrogen-bond donors (Lipinski definition) is 0. The summed E-state index contributed by atoms with van der Waals surface area (Å²) in [6.07, 6.45) is 36.6. The summed E-state index contributed by atoms with van der Waals surface area (Å²) in [7, 11) is 0. The Kier molecular flexibility index (Phi) is 16.7. The summed E-state index contributed by atoms with van der Waals surface area (Å²) in [6, 6.07) is 0. The molecule has 0 bridgehead atoms. The fourth-order valence-electron chi connectivity index (χ4n) is 11.6. The van der Waals surface area contributed by atoms with Gasteiger partial charge in [-0.05, 0) is 97.7 Å². The maximum atomic E-state index is 12.6. The third-order valence-electron chi connectivity index (χ3n) is 14.5. The van der Waals surface area contributed by atoms with Crippen molar-refractivity contribution < 1.29 is 14.3 Å². The molecule has 0 aliphatic heterocycles. The van der Waals surface area contributed by atoms with Crippen molar-refractivity contribution in [1.82, 2.24) is 0 Å². The molecule has 0 radical (unpaired) electrons. The summed E-state index contributed by atoms with van der Waals surface area (Å²) in [5.74, 6) is 5.17. The molecule has 0 N–H and O–H groups in total. The quantitative estimate of drug-likeness (QED) is 0.0654. The third kappa shape index (κ3) is 11.0. The number of unbranched alkanes of at least 4 members (excludes halogenated alkanes) is 14. The van der Waals surface area contributed by atoms with Crippen LogP contribution < -0.4 is 0 Å². The highest BCUT2D eigenvalue weighted by Crippen LogP contribution is 2.67. The Morgan fingerprint density at radius 3 is 2.00 bits per heavy atom. The molecule has 4 aliphatic carbocycles. The van der Waals surface area contributed by atoms with Gasteiger partial charge in [-0.15, -0.1) is 0 Å². The summed E-state index contributed by atoms with van der Waals surface area (Å²) < 4.78 is 11.5. The van der Waals surface area contributed by atoms with Gasteiger partial charge in [0.15, 0.2) is 0 Å². The lowest BCUT2D eigenvalue weighted by Crippen LogP contribution is -2.51. The van der Waals surface area contributed by atoms with Crippen LogP contribution in [-0.2, 0) is 9.47 Å². The highest BCUT2D eigenvalue weighted by Gasteiger charge is 2.59. The lowest BCUT2D eigenvalue weighted by molar-refractivity contribution is -0.0617. The van der Waals surface area contributed by atoms with Crippen molar-refractivity contribution in [1.29, 1.82) is 0 Å². The predicted octanol–water partition coefficient (Wildman–Crippen LogP) is 14.4. The molecule has 0 unspecified atom stereocenters. The molecule has 4 rings (SSSR count). The molecule has 3 fully saturated rings. The second-order valence-electron chi connectivity index (χ2n) is 18.3. The van der Waals surface area contributed by atoms with Crippen LogP contribution in [0.3, 0.4) is 0 Å². The van der Waals surface area contributed by atoms with Crippen molar-refractivity contribution >= 4 is 6.16 Å². The summed E-state index contributed by atoms with van der Waals surface area (Å²) >= 11 is 0. The van der Waals surface area contributed by atoms with E-state index in [2.05, 4.69) is 47.6 Å². The molecule has 0 spiro atoms. The molecule has 0 amide bonds. The summed E-state index contributed by atoms with van der Waals surface area (Å²) in [5.41, 5.74) is 2.43. The van der Waals surface area contributed by atoms with Crippen molar-refractivity contribution in [3.63, 3.8) is 0 Å². The Balaban J connectivity index is 1.08. The minimum atomic E-state index is -0.434. The van der Waals surface area contributed by atoms with Gasteiger partial charge in [0, 0.05) is 6.42 Å². The smallest absolute Gasteiger partial charge is 0.434 e. The SMILES string of the molecule is CCCCCCCCCCCCCCCCCOC(=O)O[C@H]1CC[C@@]2(C)C(=CC[C@@H]3[C@H]4CC[C@@H]([C@@H](C)CCCC(C)C)[C@]4(C)CC[C@H]32)C1. The molecule has 4 aliphatic rings. The van der Waals surface area contributed by atoms with Crippen molar-refractivity contribution in [3.05, 3.63) is 11.6 Å². The first-order valence-corrected chi connectivity index (χ1v) is 21.7. The lowest BCUT2D eigenvalue weighted by atomic mass is 9.47. The highest BCUT2D eigenvalue weighted by atomic mass is 16.7. The number of carbonyl (C=O) groups excluding carboxylic acids is 1. The van der Waals surface area contributed by atoms with E-state index >= 15 is 0 Å². The molecule has 8 atom stereocenters. The number of ether oxygens (including phenoxy) is 2.